The molecule has 0 aliphatic heterocycles. The molecule has 96 valence electrons. The van der Waals surface area contributed by atoms with Crippen LogP contribution in [0.5, 0.6) is 0 Å². The molecule has 0 aliphatic carbocycles. The number of nitrogens with zero attached hydrogens (tertiary/aromatic N) is 2. The van der Waals surface area contributed by atoms with E-state index in [1.165, 1.54) is 11.4 Å². The molecule has 0 saturated carbocycles. The number of rotatable bonds is 7. The van der Waals surface area contributed by atoms with Gasteiger partial charge in [0.2, 0.25) is 0 Å². The molecule has 1 aromatic heterocycles. The van der Waals surface area contributed by atoms with E-state index in [0.29, 0.717) is 0 Å². The standard InChI is InChI=1S/C15H21N3/c16-10-5-12-18-13-11-17-15(18)9-4-8-14-6-2-1-3-7-14/h1-3,6-7,11,13H,4-5,8-10,12,16H2. The summed E-state index contributed by atoms with van der Waals surface area (Å²) < 4.78 is 2.22. The summed E-state index contributed by atoms with van der Waals surface area (Å²) in [5.41, 5.74) is 6.94. The van der Waals surface area contributed by atoms with Gasteiger partial charge in [-0.25, -0.2) is 4.98 Å². The van der Waals surface area contributed by atoms with Crippen molar-refractivity contribution in [2.45, 2.75) is 32.2 Å². The van der Waals surface area contributed by atoms with Crippen LogP contribution in [0.25, 0.3) is 0 Å². The fourth-order valence-corrected chi connectivity index (χ4v) is 2.13. The first-order chi connectivity index (χ1) is 8.90. The minimum atomic E-state index is 0.738. The molecule has 2 rings (SSSR count). The Kier molecular flexibility index (Phi) is 4.97. The first-order valence-corrected chi connectivity index (χ1v) is 6.64. The second-order valence-corrected chi connectivity index (χ2v) is 4.52. The molecular weight excluding hydrogens is 222 g/mol. The van der Waals surface area contributed by atoms with Gasteiger partial charge in [0.15, 0.2) is 0 Å². The number of nitrogens with two attached hydrogens (primary N) is 1. The molecule has 1 aromatic carbocycles. The molecule has 0 radical (unpaired) electrons. The fraction of sp³-hybridized carbons (Fsp3) is 0.400. The van der Waals surface area contributed by atoms with E-state index in [-0.39, 0.29) is 0 Å². The highest BCUT2D eigenvalue weighted by molar-refractivity contribution is 5.14. The molecule has 0 spiro atoms. The summed E-state index contributed by atoms with van der Waals surface area (Å²) in [6, 6.07) is 10.6. The van der Waals surface area contributed by atoms with Gasteiger partial charge in [0.25, 0.3) is 0 Å². The highest BCUT2D eigenvalue weighted by atomic mass is 15.1. The van der Waals surface area contributed by atoms with Crippen LogP contribution < -0.4 is 5.73 Å². The van der Waals surface area contributed by atoms with Gasteiger partial charge in [-0.1, -0.05) is 30.3 Å². The lowest BCUT2D eigenvalue weighted by Gasteiger charge is -2.07. The zero-order chi connectivity index (χ0) is 12.6. The molecule has 2 aromatic rings. The Morgan fingerprint density at radius 2 is 1.89 bits per heavy atom. The maximum atomic E-state index is 5.54. The Labute approximate surface area is 109 Å². The molecule has 0 atom stereocenters. The van der Waals surface area contributed by atoms with Gasteiger partial charge in [0.1, 0.15) is 5.82 Å². The quantitative estimate of drug-likeness (QED) is 0.811. The minimum Gasteiger partial charge on any atom is -0.335 e. The lowest BCUT2D eigenvalue weighted by Crippen LogP contribution is -2.08. The van der Waals surface area contributed by atoms with Gasteiger partial charge in [0, 0.05) is 25.4 Å². The summed E-state index contributed by atoms with van der Waals surface area (Å²) in [5, 5.41) is 0. The van der Waals surface area contributed by atoms with E-state index in [2.05, 4.69) is 39.9 Å². The molecule has 0 fully saturated rings. The predicted molar refractivity (Wildman–Crippen MR) is 74.4 cm³/mol. The molecular formula is C15H21N3. The van der Waals surface area contributed by atoms with Crippen LogP contribution >= 0.6 is 0 Å². The second kappa shape index (κ2) is 6.97. The Morgan fingerprint density at radius 1 is 1.06 bits per heavy atom. The molecule has 0 saturated heterocycles. The van der Waals surface area contributed by atoms with Crippen LogP contribution in [-0.2, 0) is 19.4 Å². The Balaban J connectivity index is 1.81. The van der Waals surface area contributed by atoms with Crippen molar-refractivity contribution < 1.29 is 0 Å². The lowest BCUT2D eigenvalue weighted by molar-refractivity contribution is 0.606. The average molecular weight is 243 g/mol. The van der Waals surface area contributed by atoms with Crippen LogP contribution in [0.3, 0.4) is 0 Å². The lowest BCUT2D eigenvalue weighted by atomic mass is 10.1. The monoisotopic (exact) mass is 243 g/mol. The van der Waals surface area contributed by atoms with Gasteiger partial charge in [-0.2, -0.15) is 0 Å². The first-order valence-electron chi connectivity index (χ1n) is 6.64. The van der Waals surface area contributed by atoms with E-state index in [4.69, 9.17) is 5.73 Å². The predicted octanol–water partition coefficient (Wildman–Crippen LogP) is 2.41. The summed E-state index contributed by atoms with van der Waals surface area (Å²) in [6.07, 6.45) is 8.24. The zero-order valence-corrected chi connectivity index (χ0v) is 10.8. The third-order valence-electron chi connectivity index (χ3n) is 3.11. The van der Waals surface area contributed by atoms with Gasteiger partial charge in [-0.3, -0.25) is 0 Å². The zero-order valence-electron chi connectivity index (χ0n) is 10.8. The fourth-order valence-electron chi connectivity index (χ4n) is 2.13. The first kappa shape index (κ1) is 12.8. The topological polar surface area (TPSA) is 43.8 Å². The van der Waals surface area contributed by atoms with Crippen molar-refractivity contribution >= 4 is 0 Å². The maximum Gasteiger partial charge on any atom is 0.108 e. The van der Waals surface area contributed by atoms with Gasteiger partial charge < -0.3 is 10.3 Å². The summed E-state index contributed by atoms with van der Waals surface area (Å²) in [6.45, 7) is 1.72. The third-order valence-corrected chi connectivity index (χ3v) is 3.11. The third kappa shape index (κ3) is 3.70. The molecule has 3 heteroatoms. The molecule has 0 amide bonds. The van der Waals surface area contributed by atoms with E-state index in [9.17, 15) is 0 Å². The Hall–Kier alpha value is -1.61. The number of hydrogen-bond donors (Lipinski definition) is 1. The molecule has 2 N–H and O–H groups in total. The molecule has 18 heavy (non-hydrogen) atoms. The van der Waals surface area contributed by atoms with Crippen LogP contribution in [0.4, 0.5) is 0 Å². The van der Waals surface area contributed by atoms with Crippen LogP contribution in [-0.4, -0.2) is 16.1 Å². The second-order valence-electron chi connectivity index (χ2n) is 4.52. The average Bonchev–Trinajstić information content (AvgIpc) is 2.85. The van der Waals surface area contributed by atoms with Crippen LogP contribution in [0.1, 0.15) is 24.2 Å². The van der Waals surface area contributed by atoms with Gasteiger partial charge in [-0.05, 0) is 31.4 Å². The highest BCUT2D eigenvalue weighted by Gasteiger charge is 2.02. The summed E-state index contributed by atoms with van der Waals surface area (Å²) in [7, 11) is 0. The maximum absolute atomic E-state index is 5.54. The van der Waals surface area contributed by atoms with Crippen molar-refractivity contribution in [2.24, 2.45) is 5.73 Å². The van der Waals surface area contributed by atoms with Crippen LogP contribution in [0.15, 0.2) is 42.7 Å². The van der Waals surface area contributed by atoms with E-state index < -0.39 is 0 Å². The summed E-state index contributed by atoms with van der Waals surface area (Å²) in [4.78, 5) is 4.42. The van der Waals surface area contributed by atoms with Crippen LogP contribution in [0, 0.1) is 0 Å². The molecule has 3 nitrogen and oxygen atoms in total. The highest BCUT2D eigenvalue weighted by Crippen LogP contribution is 2.07. The van der Waals surface area contributed by atoms with Crippen molar-refractivity contribution in [3.8, 4) is 0 Å². The number of aryl methyl sites for hydroxylation is 3. The molecule has 0 aliphatic rings. The number of hydrogen-bond acceptors (Lipinski definition) is 2. The summed E-state index contributed by atoms with van der Waals surface area (Å²) in [5.74, 6) is 1.18. The van der Waals surface area contributed by atoms with Crippen molar-refractivity contribution in [1.82, 2.24) is 9.55 Å². The van der Waals surface area contributed by atoms with E-state index in [1.807, 2.05) is 12.4 Å². The Morgan fingerprint density at radius 3 is 2.67 bits per heavy atom. The molecule has 1 heterocycles. The Bertz CT molecular complexity index is 448. The SMILES string of the molecule is NCCCn1ccnc1CCCc1ccccc1. The van der Waals surface area contributed by atoms with Crippen LogP contribution in [0.2, 0.25) is 0 Å². The largest absolute Gasteiger partial charge is 0.335 e. The molecule has 0 unspecified atom stereocenters. The molecule has 0 bridgehead atoms. The number of aromatic nitrogens is 2. The minimum absolute atomic E-state index is 0.738. The van der Waals surface area contributed by atoms with E-state index in [1.54, 1.807) is 0 Å². The smallest absolute Gasteiger partial charge is 0.108 e. The van der Waals surface area contributed by atoms with Crippen molar-refractivity contribution in [3.05, 3.63) is 54.1 Å². The summed E-state index contributed by atoms with van der Waals surface area (Å²) >= 11 is 0. The van der Waals surface area contributed by atoms with Crippen molar-refractivity contribution in [3.63, 3.8) is 0 Å². The van der Waals surface area contributed by atoms with Gasteiger partial charge in [0.05, 0.1) is 0 Å². The number of benzene rings is 1. The van der Waals surface area contributed by atoms with Crippen molar-refractivity contribution in [1.29, 1.82) is 0 Å². The van der Waals surface area contributed by atoms with Crippen molar-refractivity contribution in [2.75, 3.05) is 6.54 Å². The normalized spacial score (nSPS) is 10.7. The van der Waals surface area contributed by atoms with Gasteiger partial charge >= 0.3 is 0 Å². The number of imidazole rings is 1. The van der Waals surface area contributed by atoms with E-state index in [0.717, 1.165) is 38.8 Å². The van der Waals surface area contributed by atoms with E-state index >= 15 is 0 Å². The van der Waals surface area contributed by atoms with Gasteiger partial charge in [-0.15, -0.1) is 0 Å².